The number of aryl methyl sites for hydroxylation is 1. The van der Waals surface area contributed by atoms with E-state index >= 15 is 0 Å². The SMILES string of the molecule is Cn1c(C(OCC(=O)N2CCN(Cc3ccccc3)CC2)c2cccnc2)cc2ccccc21. The third-order valence-corrected chi connectivity index (χ3v) is 6.59. The summed E-state index contributed by atoms with van der Waals surface area (Å²) in [6.45, 7) is 4.15. The van der Waals surface area contributed by atoms with Gasteiger partial charge in [-0.05, 0) is 29.1 Å². The Morgan fingerprint density at radius 2 is 1.74 bits per heavy atom. The monoisotopic (exact) mass is 454 g/mol. The fraction of sp³-hybridized carbons (Fsp3) is 0.286. The van der Waals surface area contributed by atoms with Crippen LogP contribution >= 0.6 is 0 Å². The van der Waals surface area contributed by atoms with E-state index < -0.39 is 0 Å². The van der Waals surface area contributed by atoms with E-state index in [1.54, 1.807) is 6.20 Å². The molecule has 0 spiro atoms. The quantitative estimate of drug-likeness (QED) is 0.423. The molecule has 1 saturated heterocycles. The summed E-state index contributed by atoms with van der Waals surface area (Å²) in [6.07, 6.45) is 3.20. The van der Waals surface area contributed by atoms with Crippen LogP contribution in [0.15, 0.2) is 85.2 Å². The Bertz CT molecular complexity index is 1230. The van der Waals surface area contributed by atoms with Crippen molar-refractivity contribution in [3.05, 3.63) is 102 Å². The molecule has 174 valence electrons. The zero-order chi connectivity index (χ0) is 23.3. The van der Waals surface area contributed by atoms with Crippen molar-refractivity contribution < 1.29 is 9.53 Å². The molecule has 2 aromatic carbocycles. The van der Waals surface area contributed by atoms with Gasteiger partial charge in [-0.2, -0.15) is 0 Å². The van der Waals surface area contributed by atoms with Gasteiger partial charge in [-0.25, -0.2) is 0 Å². The first kappa shape index (κ1) is 22.3. The van der Waals surface area contributed by atoms with E-state index in [-0.39, 0.29) is 18.6 Å². The van der Waals surface area contributed by atoms with Gasteiger partial charge in [0.15, 0.2) is 0 Å². The van der Waals surface area contributed by atoms with Crippen LogP contribution < -0.4 is 0 Å². The molecule has 1 fully saturated rings. The number of ether oxygens (including phenoxy) is 1. The molecule has 0 radical (unpaired) electrons. The molecule has 1 unspecified atom stereocenters. The molecule has 5 rings (SSSR count). The van der Waals surface area contributed by atoms with Gasteiger partial charge in [-0.1, -0.05) is 54.6 Å². The van der Waals surface area contributed by atoms with Crippen LogP contribution in [0.25, 0.3) is 10.9 Å². The van der Waals surface area contributed by atoms with Crippen molar-refractivity contribution in [3.63, 3.8) is 0 Å². The van der Waals surface area contributed by atoms with Crippen molar-refractivity contribution in [2.45, 2.75) is 12.6 Å². The highest BCUT2D eigenvalue weighted by atomic mass is 16.5. The highest BCUT2D eigenvalue weighted by Crippen LogP contribution is 2.30. The van der Waals surface area contributed by atoms with E-state index in [1.165, 1.54) is 5.56 Å². The minimum atomic E-state index is -0.366. The Balaban J connectivity index is 1.25. The minimum absolute atomic E-state index is 0.0343. The fourth-order valence-electron chi connectivity index (χ4n) is 4.69. The van der Waals surface area contributed by atoms with Crippen LogP contribution in [0.3, 0.4) is 0 Å². The van der Waals surface area contributed by atoms with Crippen LogP contribution in [0.1, 0.15) is 22.9 Å². The Morgan fingerprint density at radius 3 is 2.47 bits per heavy atom. The highest BCUT2D eigenvalue weighted by molar-refractivity contribution is 5.81. The first-order valence-electron chi connectivity index (χ1n) is 11.8. The summed E-state index contributed by atoms with van der Waals surface area (Å²) in [5.74, 6) is 0.0343. The van der Waals surface area contributed by atoms with Crippen molar-refractivity contribution in [2.24, 2.45) is 7.05 Å². The lowest BCUT2D eigenvalue weighted by atomic mass is 10.1. The molecule has 34 heavy (non-hydrogen) atoms. The number of benzene rings is 2. The van der Waals surface area contributed by atoms with Gasteiger partial charge < -0.3 is 14.2 Å². The Labute approximate surface area is 200 Å². The molecule has 0 bridgehead atoms. The van der Waals surface area contributed by atoms with Gasteiger partial charge in [0.1, 0.15) is 12.7 Å². The molecule has 0 aliphatic carbocycles. The smallest absolute Gasteiger partial charge is 0.248 e. The average Bonchev–Trinajstić information content (AvgIpc) is 3.22. The molecular formula is C28H30N4O2. The summed E-state index contributed by atoms with van der Waals surface area (Å²) in [5.41, 5.74) is 4.39. The van der Waals surface area contributed by atoms with E-state index in [4.69, 9.17) is 4.74 Å². The normalized spacial score (nSPS) is 15.5. The van der Waals surface area contributed by atoms with Crippen LogP contribution in [-0.4, -0.2) is 58.0 Å². The second-order valence-electron chi connectivity index (χ2n) is 8.81. The van der Waals surface area contributed by atoms with E-state index in [9.17, 15) is 4.79 Å². The van der Waals surface area contributed by atoms with Crippen LogP contribution in [0, 0.1) is 0 Å². The number of aromatic nitrogens is 2. The first-order chi connectivity index (χ1) is 16.7. The van der Waals surface area contributed by atoms with Crippen molar-refractivity contribution in [1.82, 2.24) is 19.4 Å². The number of fused-ring (bicyclic) bond motifs is 1. The zero-order valence-corrected chi connectivity index (χ0v) is 19.5. The highest BCUT2D eigenvalue weighted by Gasteiger charge is 2.25. The first-order valence-corrected chi connectivity index (χ1v) is 11.8. The summed E-state index contributed by atoms with van der Waals surface area (Å²) in [4.78, 5) is 21.6. The lowest BCUT2D eigenvalue weighted by molar-refractivity contribution is -0.139. The van der Waals surface area contributed by atoms with Gasteiger partial charge in [-0.3, -0.25) is 14.7 Å². The summed E-state index contributed by atoms with van der Waals surface area (Å²) in [6, 6.07) is 24.8. The van der Waals surface area contributed by atoms with Crippen LogP contribution in [0.5, 0.6) is 0 Å². The maximum Gasteiger partial charge on any atom is 0.248 e. The lowest BCUT2D eigenvalue weighted by Gasteiger charge is -2.35. The standard InChI is InChI=1S/C28H30N4O2/c1-30-25-12-6-5-10-23(25)18-26(30)28(24-11-7-13-29-19-24)34-21-27(33)32-16-14-31(15-17-32)20-22-8-3-2-4-9-22/h2-13,18-19,28H,14-17,20-21H2,1H3. The van der Waals surface area contributed by atoms with Crippen molar-refractivity contribution in [2.75, 3.05) is 32.8 Å². The molecule has 2 aromatic heterocycles. The predicted molar refractivity (Wildman–Crippen MR) is 133 cm³/mol. The summed E-state index contributed by atoms with van der Waals surface area (Å²) < 4.78 is 8.44. The number of pyridine rings is 1. The van der Waals surface area contributed by atoms with E-state index in [0.29, 0.717) is 0 Å². The van der Waals surface area contributed by atoms with E-state index in [0.717, 1.165) is 54.9 Å². The lowest BCUT2D eigenvalue weighted by Crippen LogP contribution is -2.49. The largest absolute Gasteiger partial charge is 0.357 e. The number of carbonyl (C=O) groups excluding carboxylic acids is 1. The number of hydrogen-bond donors (Lipinski definition) is 0. The van der Waals surface area contributed by atoms with Crippen LogP contribution in [0.4, 0.5) is 0 Å². The summed E-state index contributed by atoms with van der Waals surface area (Å²) in [7, 11) is 2.04. The topological polar surface area (TPSA) is 50.6 Å². The van der Waals surface area contributed by atoms with E-state index in [2.05, 4.69) is 56.9 Å². The van der Waals surface area contributed by atoms with Gasteiger partial charge in [0, 0.05) is 63.2 Å². The third kappa shape index (κ3) is 4.88. The molecule has 0 saturated carbocycles. The summed E-state index contributed by atoms with van der Waals surface area (Å²) >= 11 is 0. The molecule has 0 N–H and O–H groups in total. The molecule has 6 nitrogen and oxygen atoms in total. The maximum atomic E-state index is 13.0. The Kier molecular flexibility index (Phi) is 6.70. The maximum absolute atomic E-state index is 13.0. The number of piperazine rings is 1. The van der Waals surface area contributed by atoms with E-state index in [1.807, 2.05) is 48.5 Å². The molecule has 6 heteroatoms. The number of nitrogens with zero attached hydrogens (tertiary/aromatic N) is 4. The number of rotatable bonds is 7. The van der Waals surface area contributed by atoms with Gasteiger partial charge in [0.05, 0.1) is 5.69 Å². The van der Waals surface area contributed by atoms with Gasteiger partial charge in [0.25, 0.3) is 0 Å². The molecule has 1 amide bonds. The molecule has 4 aromatic rings. The van der Waals surface area contributed by atoms with Crippen LogP contribution in [-0.2, 0) is 23.1 Å². The van der Waals surface area contributed by atoms with Crippen molar-refractivity contribution >= 4 is 16.8 Å². The second kappa shape index (κ2) is 10.2. The van der Waals surface area contributed by atoms with Gasteiger partial charge in [0.2, 0.25) is 5.91 Å². The Morgan fingerprint density at radius 1 is 0.971 bits per heavy atom. The van der Waals surface area contributed by atoms with Gasteiger partial charge in [-0.15, -0.1) is 0 Å². The molecule has 3 heterocycles. The minimum Gasteiger partial charge on any atom is -0.357 e. The van der Waals surface area contributed by atoms with Crippen molar-refractivity contribution in [3.8, 4) is 0 Å². The number of para-hydroxylation sites is 1. The molecule has 1 aliphatic rings. The van der Waals surface area contributed by atoms with Gasteiger partial charge >= 0.3 is 0 Å². The zero-order valence-electron chi connectivity index (χ0n) is 19.5. The number of amides is 1. The predicted octanol–water partition coefficient (Wildman–Crippen LogP) is 4.02. The molecular weight excluding hydrogens is 424 g/mol. The molecule has 1 atom stereocenters. The van der Waals surface area contributed by atoms with Crippen LogP contribution in [0.2, 0.25) is 0 Å². The third-order valence-electron chi connectivity index (χ3n) is 6.59. The van der Waals surface area contributed by atoms with Crippen molar-refractivity contribution in [1.29, 1.82) is 0 Å². The average molecular weight is 455 g/mol. The Hall–Kier alpha value is -3.48. The fourth-order valence-corrected chi connectivity index (χ4v) is 4.69. The second-order valence-corrected chi connectivity index (χ2v) is 8.81. The summed E-state index contributed by atoms with van der Waals surface area (Å²) in [5, 5.41) is 1.15. The number of hydrogen-bond acceptors (Lipinski definition) is 4. The number of carbonyl (C=O) groups is 1. The molecule has 1 aliphatic heterocycles.